The van der Waals surface area contributed by atoms with E-state index in [9.17, 15) is 15.0 Å². The van der Waals surface area contributed by atoms with Crippen LogP contribution in [0.2, 0.25) is 0 Å². The van der Waals surface area contributed by atoms with Crippen LogP contribution in [-0.4, -0.2) is 53.1 Å². The maximum absolute atomic E-state index is 12.0. The van der Waals surface area contributed by atoms with Gasteiger partial charge in [0.25, 0.3) is 0 Å². The molecule has 0 radical (unpaired) electrons. The van der Waals surface area contributed by atoms with Crippen LogP contribution >= 0.6 is 0 Å². The molecule has 0 saturated carbocycles. The number of aromatic nitrogens is 5. The number of nitrogen functional groups attached to an aromatic ring is 1. The van der Waals surface area contributed by atoms with Crippen LogP contribution in [0.3, 0.4) is 0 Å². The summed E-state index contributed by atoms with van der Waals surface area (Å²) in [5.74, 6) is -0.0252. The first-order chi connectivity index (χ1) is 9.99. The highest BCUT2D eigenvalue weighted by molar-refractivity contribution is 5.49. The van der Waals surface area contributed by atoms with E-state index in [1.807, 2.05) is 0 Å². The molecule has 2 aromatic heterocycles. The molecule has 0 bridgehead atoms. The Kier molecular flexibility index (Phi) is 3.20. The summed E-state index contributed by atoms with van der Waals surface area (Å²) in [5, 5.41) is 27.1. The first-order valence-corrected chi connectivity index (χ1v) is 6.26. The number of aliphatic hydroxyl groups is 2. The molecule has 4 N–H and O–H groups in total. The molecule has 0 aliphatic carbocycles. The molecule has 21 heavy (non-hydrogen) atoms. The molecule has 1 aliphatic rings. The van der Waals surface area contributed by atoms with Crippen LogP contribution in [0.5, 0.6) is 0 Å². The van der Waals surface area contributed by atoms with Gasteiger partial charge in [-0.05, 0) is 6.92 Å². The van der Waals surface area contributed by atoms with Gasteiger partial charge in [-0.25, -0.2) is 9.48 Å². The normalized spacial score (nSPS) is 28.9. The monoisotopic (exact) mass is 294 g/mol. The summed E-state index contributed by atoms with van der Waals surface area (Å²) in [6.45, 7) is 1.60. The largest absolute Gasteiger partial charge is 0.388 e. The highest BCUT2D eigenvalue weighted by Crippen LogP contribution is 2.28. The summed E-state index contributed by atoms with van der Waals surface area (Å²) in [6.07, 6.45) is 0.355. The minimum atomic E-state index is -1.24. The van der Waals surface area contributed by atoms with Crippen molar-refractivity contribution in [1.29, 1.82) is 0 Å². The number of ether oxygens (including phenoxy) is 1. The lowest BCUT2D eigenvalue weighted by atomic mass is 10.1. The fourth-order valence-electron chi connectivity index (χ4n) is 2.22. The molecule has 1 saturated heterocycles. The van der Waals surface area contributed by atoms with Gasteiger partial charge in [0.15, 0.2) is 12.0 Å². The third-order valence-electron chi connectivity index (χ3n) is 3.38. The standard InChI is InChI=1S/C11H14N6O4/c1-5-7(18)8(19)10(21-5)16-4-6(9(12)14-11(16)20)17-3-2-13-15-17/h2-5,7-8,10,18-19H,1H3,(H2,12,14,20)/t5-,7?,8+,10-/m1/s1. The Labute approximate surface area is 118 Å². The third kappa shape index (κ3) is 2.18. The first kappa shape index (κ1) is 13.7. The quantitative estimate of drug-likeness (QED) is 0.580. The van der Waals surface area contributed by atoms with Crippen molar-refractivity contribution in [2.24, 2.45) is 0 Å². The Morgan fingerprint density at radius 1 is 1.38 bits per heavy atom. The molecule has 3 heterocycles. The number of hydrogen-bond acceptors (Lipinski definition) is 8. The van der Waals surface area contributed by atoms with Crippen molar-refractivity contribution in [3.63, 3.8) is 0 Å². The minimum Gasteiger partial charge on any atom is -0.388 e. The zero-order chi connectivity index (χ0) is 15.1. The Bertz CT molecular complexity index is 699. The van der Waals surface area contributed by atoms with E-state index in [0.717, 1.165) is 4.57 Å². The molecule has 10 nitrogen and oxygen atoms in total. The molecule has 0 spiro atoms. The molecule has 1 unspecified atom stereocenters. The summed E-state index contributed by atoms with van der Waals surface area (Å²) < 4.78 is 7.81. The number of rotatable bonds is 2. The zero-order valence-electron chi connectivity index (χ0n) is 11.1. The molecule has 1 aliphatic heterocycles. The molecule has 0 amide bonds. The van der Waals surface area contributed by atoms with Gasteiger partial charge < -0.3 is 20.7 Å². The molecule has 3 rings (SSSR count). The summed E-state index contributed by atoms with van der Waals surface area (Å²) in [6, 6.07) is 0. The summed E-state index contributed by atoms with van der Waals surface area (Å²) in [4.78, 5) is 15.6. The SMILES string of the molecule is C[C@H]1O[C@@H](n2cc(-n3ccnn3)c(N)nc2=O)[C@@H](O)C1O. The minimum absolute atomic E-state index is 0.0252. The van der Waals surface area contributed by atoms with Gasteiger partial charge in [-0.2, -0.15) is 4.98 Å². The van der Waals surface area contributed by atoms with E-state index in [1.165, 1.54) is 23.3 Å². The number of anilines is 1. The van der Waals surface area contributed by atoms with Gasteiger partial charge in [0.05, 0.1) is 18.5 Å². The van der Waals surface area contributed by atoms with E-state index in [1.54, 1.807) is 6.92 Å². The Balaban J connectivity index is 2.08. The van der Waals surface area contributed by atoms with Crippen molar-refractivity contribution in [2.75, 3.05) is 5.73 Å². The first-order valence-electron chi connectivity index (χ1n) is 6.26. The Hall–Kier alpha value is -2.30. The molecular weight excluding hydrogens is 280 g/mol. The highest BCUT2D eigenvalue weighted by atomic mass is 16.6. The molecule has 4 atom stereocenters. The fourth-order valence-corrected chi connectivity index (χ4v) is 2.22. The van der Waals surface area contributed by atoms with Crippen molar-refractivity contribution in [1.82, 2.24) is 24.5 Å². The van der Waals surface area contributed by atoms with E-state index in [4.69, 9.17) is 10.5 Å². The van der Waals surface area contributed by atoms with Crippen molar-refractivity contribution in [3.05, 3.63) is 29.1 Å². The lowest BCUT2D eigenvalue weighted by molar-refractivity contribution is -0.0350. The number of hydrogen-bond donors (Lipinski definition) is 3. The average molecular weight is 294 g/mol. The molecule has 112 valence electrons. The second-order valence-electron chi connectivity index (χ2n) is 4.76. The van der Waals surface area contributed by atoms with Gasteiger partial charge in [-0.15, -0.1) is 5.10 Å². The average Bonchev–Trinajstić information content (AvgIpc) is 3.04. The fraction of sp³-hybridized carbons (Fsp3) is 0.455. The summed E-state index contributed by atoms with van der Waals surface area (Å²) >= 11 is 0. The van der Waals surface area contributed by atoms with Crippen LogP contribution in [0.1, 0.15) is 13.2 Å². The molecule has 2 aromatic rings. The highest BCUT2D eigenvalue weighted by Gasteiger charge is 2.42. The molecule has 0 aromatic carbocycles. The predicted octanol–water partition coefficient (Wildman–Crippen LogP) is -1.95. The van der Waals surface area contributed by atoms with E-state index >= 15 is 0 Å². The van der Waals surface area contributed by atoms with Crippen molar-refractivity contribution >= 4 is 5.82 Å². The summed E-state index contributed by atoms with van der Waals surface area (Å²) in [7, 11) is 0. The summed E-state index contributed by atoms with van der Waals surface area (Å²) in [5.41, 5.74) is 5.33. The lowest BCUT2D eigenvalue weighted by Gasteiger charge is -2.18. The number of aliphatic hydroxyl groups excluding tert-OH is 2. The van der Waals surface area contributed by atoms with E-state index < -0.39 is 30.2 Å². The zero-order valence-corrected chi connectivity index (χ0v) is 11.1. The Morgan fingerprint density at radius 2 is 2.14 bits per heavy atom. The van der Waals surface area contributed by atoms with Crippen LogP contribution in [0, 0.1) is 0 Å². The van der Waals surface area contributed by atoms with Gasteiger partial charge in [0, 0.05) is 6.20 Å². The Morgan fingerprint density at radius 3 is 2.71 bits per heavy atom. The third-order valence-corrected chi connectivity index (χ3v) is 3.38. The van der Waals surface area contributed by atoms with Gasteiger partial charge in [0.1, 0.15) is 17.9 Å². The van der Waals surface area contributed by atoms with E-state index in [0.29, 0.717) is 5.69 Å². The van der Waals surface area contributed by atoms with E-state index in [-0.39, 0.29) is 5.82 Å². The van der Waals surface area contributed by atoms with Crippen LogP contribution in [0.4, 0.5) is 5.82 Å². The second-order valence-corrected chi connectivity index (χ2v) is 4.76. The molecular formula is C11H14N6O4. The van der Waals surface area contributed by atoms with Crippen LogP contribution in [-0.2, 0) is 4.74 Å². The topological polar surface area (TPSA) is 141 Å². The van der Waals surface area contributed by atoms with Crippen LogP contribution < -0.4 is 11.4 Å². The van der Waals surface area contributed by atoms with Gasteiger partial charge in [-0.3, -0.25) is 4.57 Å². The lowest BCUT2D eigenvalue weighted by Crippen LogP contribution is -2.36. The maximum atomic E-state index is 12.0. The van der Waals surface area contributed by atoms with Gasteiger partial charge in [0.2, 0.25) is 0 Å². The van der Waals surface area contributed by atoms with Crippen molar-refractivity contribution < 1.29 is 14.9 Å². The van der Waals surface area contributed by atoms with Crippen molar-refractivity contribution in [3.8, 4) is 5.69 Å². The number of nitrogens with two attached hydrogens (primary N) is 1. The number of nitrogens with zero attached hydrogens (tertiary/aromatic N) is 5. The van der Waals surface area contributed by atoms with Crippen LogP contribution in [0.25, 0.3) is 5.69 Å². The maximum Gasteiger partial charge on any atom is 0.351 e. The molecule has 10 heteroatoms. The predicted molar refractivity (Wildman–Crippen MR) is 69.4 cm³/mol. The van der Waals surface area contributed by atoms with E-state index in [2.05, 4.69) is 15.3 Å². The second kappa shape index (κ2) is 4.91. The van der Waals surface area contributed by atoms with Crippen LogP contribution in [0.15, 0.2) is 23.4 Å². The van der Waals surface area contributed by atoms with Gasteiger partial charge >= 0.3 is 5.69 Å². The smallest absolute Gasteiger partial charge is 0.351 e. The molecule has 1 fully saturated rings. The van der Waals surface area contributed by atoms with Crippen molar-refractivity contribution in [2.45, 2.75) is 31.5 Å². The van der Waals surface area contributed by atoms with Gasteiger partial charge in [-0.1, -0.05) is 5.21 Å².